The second kappa shape index (κ2) is 6.69. The van der Waals surface area contributed by atoms with Crippen molar-refractivity contribution in [1.29, 1.82) is 5.26 Å². The van der Waals surface area contributed by atoms with Gasteiger partial charge < -0.3 is 5.32 Å². The van der Waals surface area contributed by atoms with E-state index in [-0.39, 0.29) is 6.04 Å². The Labute approximate surface area is 151 Å². The lowest BCUT2D eigenvalue weighted by Crippen LogP contribution is -2.11. The van der Waals surface area contributed by atoms with E-state index in [4.69, 9.17) is 0 Å². The predicted octanol–water partition coefficient (Wildman–Crippen LogP) is 4.47. The van der Waals surface area contributed by atoms with Gasteiger partial charge in [0.15, 0.2) is 0 Å². The Morgan fingerprint density at radius 1 is 1.08 bits per heavy atom. The molecule has 1 N–H and O–H groups in total. The minimum atomic E-state index is 0.0211. The normalized spacial score (nSPS) is 11.8. The van der Waals surface area contributed by atoms with E-state index in [2.05, 4.69) is 34.5 Å². The first kappa shape index (κ1) is 15.9. The maximum Gasteiger partial charge on any atom is 0.143 e. The van der Waals surface area contributed by atoms with Crippen LogP contribution in [0.2, 0.25) is 0 Å². The molecule has 0 spiro atoms. The summed E-state index contributed by atoms with van der Waals surface area (Å²) in [5.74, 6) is 0. The van der Waals surface area contributed by atoms with Gasteiger partial charge >= 0.3 is 0 Å². The molecule has 5 nitrogen and oxygen atoms in total. The van der Waals surface area contributed by atoms with Crippen LogP contribution in [0.5, 0.6) is 0 Å². The van der Waals surface area contributed by atoms with Gasteiger partial charge in [-0.05, 0) is 36.8 Å². The Kier molecular flexibility index (Phi) is 4.08. The Morgan fingerprint density at radius 2 is 1.88 bits per heavy atom. The molecule has 0 saturated carbocycles. The second-order valence-electron chi connectivity index (χ2n) is 6.06. The van der Waals surface area contributed by atoms with E-state index < -0.39 is 0 Å². The average Bonchev–Trinajstić information content (AvgIpc) is 3.22. The number of benzene rings is 2. The predicted molar refractivity (Wildman–Crippen MR) is 102 cm³/mol. The Bertz CT molecular complexity index is 1090. The fraction of sp³-hybridized carbons (Fsp3) is 0.0952. The van der Waals surface area contributed by atoms with Crippen LogP contribution in [-0.2, 0) is 0 Å². The van der Waals surface area contributed by atoms with Crippen molar-refractivity contribution in [1.82, 2.24) is 14.8 Å². The van der Waals surface area contributed by atoms with Crippen LogP contribution in [0.3, 0.4) is 0 Å². The molecule has 26 heavy (non-hydrogen) atoms. The molecule has 1 unspecified atom stereocenters. The molecule has 2 aromatic carbocycles. The lowest BCUT2D eigenvalue weighted by Gasteiger charge is -2.20. The molecule has 5 heteroatoms. The Hall–Kier alpha value is -3.65. The number of nitrogens with one attached hydrogen (secondary N) is 1. The summed E-state index contributed by atoms with van der Waals surface area (Å²) >= 11 is 0. The maximum absolute atomic E-state index is 9.29. The highest BCUT2D eigenvalue weighted by Crippen LogP contribution is 2.29. The molecule has 0 bridgehead atoms. The monoisotopic (exact) mass is 339 g/mol. The highest BCUT2D eigenvalue weighted by Gasteiger charge is 2.14. The van der Waals surface area contributed by atoms with Crippen molar-refractivity contribution >= 4 is 16.6 Å². The smallest absolute Gasteiger partial charge is 0.143 e. The number of nitrogens with zero attached hydrogens (tertiary/aromatic N) is 4. The first-order valence-corrected chi connectivity index (χ1v) is 8.41. The van der Waals surface area contributed by atoms with E-state index in [1.54, 1.807) is 12.3 Å². The zero-order chi connectivity index (χ0) is 17.9. The van der Waals surface area contributed by atoms with Gasteiger partial charge in [0.25, 0.3) is 0 Å². The number of fused-ring (bicyclic) bond motifs is 1. The highest BCUT2D eigenvalue weighted by atomic mass is 15.3. The molecule has 0 aliphatic carbocycles. The average molecular weight is 339 g/mol. The van der Waals surface area contributed by atoms with E-state index in [0.717, 1.165) is 27.8 Å². The zero-order valence-corrected chi connectivity index (χ0v) is 14.3. The SMILES string of the molecule is CC(Nc1cc(C#N)nc2ccccc12)c1ccccc1-n1cccn1. The van der Waals surface area contributed by atoms with Gasteiger partial charge in [0.2, 0.25) is 0 Å². The van der Waals surface area contributed by atoms with Crippen molar-refractivity contribution in [2.45, 2.75) is 13.0 Å². The number of para-hydroxylation sites is 2. The van der Waals surface area contributed by atoms with Gasteiger partial charge in [0, 0.05) is 23.5 Å². The molecule has 0 aliphatic heterocycles. The first-order valence-electron chi connectivity index (χ1n) is 8.41. The lowest BCUT2D eigenvalue weighted by molar-refractivity contribution is 0.818. The topological polar surface area (TPSA) is 66.5 Å². The summed E-state index contributed by atoms with van der Waals surface area (Å²) in [6, 6.07) is 21.9. The van der Waals surface area contributed by atoms with Gasteiger partial charge in [-0.2, -0.15) is 10.4 Å². The van der Waals surface area contributed by atoms with E-state index >= 15 is 0 Å². The van der Waals surface area contributed by atoms with Gasteiger partial charge in [-0.25, -0.2) is 9.67 Å². The number of aromatic nitrogens is 3. The third-order valence-corrected chi connectivity index (χ3v) is 4.36. The quantitative estimate of drug-likeness (QED) is 0.596. The number of pyridine rings is 1. The molecule has 2 heterocycles. The standard InChI is InChI=1S/C21H17N5/c1-15(17-7-3-5-10-21(17)26-12-6-11-23-26)24-20-13-16(14-22)25-19-9-4-2-8-18(19)20/h2-13,15H,1H3,(H,24,25). The van der Waals surface area contributed by atoms with Gasteiger partial charge in [0.1, 0.15) is 11.8 Å². The summed E-state index contributed by atoms with van der Waals surface area (Å²) in [4.78, 5) is 4.38. The second-order valence-corrected chi connectivity index (χ2v) is 6.06. The molecule has 4 rings (SSSR count). The van der Waals surface area contributed by atoms with Gasteiger partial charge in [-0.15, -0.1) is 0 Å². The Morgan fingerprint density at radius 3 is 2.69 bits per heavy atom. The maximum atomic E-state index is 9.29. The summed E-state index contributed by atoms with van der Waals surface area (Å²) in [6.07, 6.45) is 3.70. The molecule has 0 amide bonds. The first-order chi connectivity index (χ1) is 12.8. The number of hydrogen-bond donors (Lipinski definition) is 1. The Balaban J connectivity index is 1.75. The van der Waals surface area contributed by atoms with Gasteiger partial charge in [-0.1, -0.05) is 36.4 Å². The molecule has 0 aliphatic rings. The number of hydrogen-bond acceptors (Lipinski definition) is 4. The molecule has 0 saturated heterocycles. The van der Waals surface area contributed by atoms with Crippen molar-refractivity contribution in [3.05, 3.63) is 84.3 Å². The van der Waals surface area contributed by atoms with Crippen LogP contribution in [0.4, 0.5) is 5.69 Å². The molecule has 2 aromatic heterocycles. The lowest BCUT2D eigenvalue weighted by atomic mass is 10.0. The van der Waals surface area contributed by atoms with Crippen molar-refractivity contribution in [2.24, 2.45) is 0 Å². The summed E-state index contributed by atoms with van der Waals surface area (Å²) in [7, 11) is 0. The molecule has 126 valence electrons. The molecular weight excluding hydrogens is 322 g/mol. The fourth-order valence-corrected chi connectivity index (χ4v) is 3.14. The van der Waals surface area contributed by atoms with Crippen molar-refractivity contribution < 1.29 is 0 Å². The van der Waals surface area contributed by atoms with Crippen LogP contribution >= 0.6 is 0 Å². The minimum Gasteiger partial charge on any atom is -0.378 e. The third-order valence-electron chi connectivity index (χ3n) is 4.36. The van der Waals surface area contributed by atoms with Gasteiger partial charge in [0.05, 0.1) is 17.2 Å². The molecule has 0 fully saturated rings. The van der Waals surface area contributed by atoms with Crippen molar-refractivity contribution in [3.8, 4) is 11.8 Å². The molecule has 1 atom stereocenters. The fourth-order valence-electron chi connectivity index (χ4n) is 3.14. The van der Waals surface area contributed by atoms with E-state index in [1.807, 2.05) is 59.4 Å². The molecule has 4 aromatic rings. The number of nitriles is 1. The minimum absolute atomic E-state index is 0.0211. The summed E-state index contributed by atoms with van der Waals surface area (Å²) in [5.41, 5.74) is 4.25. The number of anilines is 1. The number of rotatable bonds is 4. The summed E-state index contributed by atoms with van der Waals surface area (Å²) in [5, 5.41) is 18.2. The van der Waals surface area contributed by atoms with E-state index in [9.17, 15) is 5.26 Å². The summed E-state index contributed by atoms with van der Waals surface area (Å²) in [6.45, 7) is 2.10. The van der Waals surface area contributed by atoms with E-state index in [0.29, 0.717) is 5.69 Å². The largest absolute Gasteiger partial charge is 0.378 e. The highest BCUT2D eigenvalue weighted by molar-refractivity contribution is 5.92. The van der Waals surface area contributed by atoms with Crippen LogP contribution in [0.15, 0.2) is 73.1 Å². The summed E-state index contributed by atoms with van der Waals surface area (Å²) < 4.78 is 1.86. The molecular formula is C21H17N5. The van der Waals surface area contributed by atoms with E-state index in [1.165, 1.54) is 0 Å². The van der Waals surface area contributed by atoms with Crippen LogP contribution in [0, 0.1) is 11.3 Å². The van der Waals surface area contributed by atoms with Gasteiger partial charge in [-0.3, -0.25) is 0 Å². The van der Waals surface area contributed by atoms with Crippen molar-refractivity contribution in [2.75, 3.05) is 5.32 Å². The van der Waals surface area contributed by atoms with Crippen molar-refractivity contribution in [3.63, 3.8) is 0 Å². The van der Waals surface area contributed by atoms with Crippen LogP contribution in [-0.4, -0.2) is 14.8 Å². The van der Waals surface area contributed by atoms with Crippen LogP contribution < -0.4 is 5.32 Å². The van der Waals surface area contributed by atoms with Crippen LogP contribution in [0.1, 0.15) is 24.2 Å². The van der Waals surface area contributed by atoms with Crippen LogP contribution in [0.25, 0.3) is 16.6 Å². The third kappa shape index (κ3) is 2.89. The zero-order valence-electron chi connectivity index (χ0n) is 14.3. The molecule has 0 radical (unpaired) electrons.